The standard InChI is InChI=1S/C14H12Cl2FNO2S/c1-9-5-14(13(16)7-12(9)15)21(19,20)18-8-10-3-2-4-11(17)6-10/h2-7,18H,8H2,1H3. The minimum absolute atomic E-state index is 0.0297. The Morgan fingerprint density at radius 1 is 1.14 bits per heavy atom. The summed E-state index contributed by atoms with van der Waals surface area (Å²) < 4.78 is 39.9. The van der Waals surface area contributed by atoms with E-state index in [1.807, 2.05) is 0 Å². The highest BCUT2D eigenvalue weighted by Gasteiger charge is 2.19. The maximum absolute atomic E-state index is 13.1. The van der Waals surface area contributed by atoms with Crippen molar-refractivity contribution in [1.29, 1.82) is 0 Å². The van der Waals surface area contributed by atoms with Gasteiger partial charge in [0.25, 0.3) is 0 Å². The predicted octanol–water partition coefficient (Wildman–Crippen LogP) is 3.92. The highest BCUT2D eigenvalue weighted by atomic mass is 35.5. The third-order valence-electron chi connectivity index (χ3n) is 2.86. The van der Waals surface area contributed by atoms with Gasteiger partial charge in [0, 0.05) is 11.6 Å². The molecule has 2 aromatic carbocycles. The first kappa shape index (κ1) is 16.2. The molecule has 3 nitrogen and oxygen atoms in total. The summed E-state index contributed by atoms with van der Waals surface area (Å²) in [6.07, 6.45) is 0. The first-order chi connectivity index (χ1) is 9.79. The molecule has 0 atom stereocenters. The molecule has 0 unspecified atom stereocenters. The maximum Gasteiger partial charge on any atom is 0.242 e. The Hall–Kier alpha value is -1.14. The lowest BCUT2D eigenvalue weighted by Crippen LogP contribution is -2.23. The lowest BCUT2D eigenvalue weighted by atomic mass is 10.2. The second-order valence-corrected chi connectivity index (χ2v) is 7.04. The number of halogens is 3. The van der Waals surface area contributed by atoms with Gasteiger partial charge < -0.3 is 0 Å². The van der Waals surface area contributed by atoms with Gasteiger partial charge in [-0.1, -0.05) is 35.3 Å². The van der Waals surface area contributed by atoms with Crippen LogP contribution >= 0.6 is 23.2 Å². The van der Waals surface area contributed by atoms with Gasteiger partial charge in [-0.05, 0) is 42.3 Å². The number of hydrogen-bond acceptors (Lipinski definition) is 2. The molecule has 0 fully saturated rings. The van der Waals surface area contributed by atoms with Gasteiger partial charge in [0.1, 0.15) is 10.7 Å². The van der Waals surface area contributed by atoms with Gasteiger partial charge in [-0.2, -0.15) is 0 Å². The summed E-state index contributed by atoms with van der Waals surface area (Å²) in [6.45, 7) is 1.66. The molecule has 2 rings (SSSR count). The molecule has 21 heavy (non-hydrogen) atoms. The summed E-state index contributed by atoms with van der Waals surface area (Å²) in [5.74, 6) is -0.424. The third-order valence-corrected chi connectivity index (χ3v) is 5.13. The van der Waals surface area contributed by atoms with Crippen molar-refractivity contribution < 1.29 is 12.8 Å². The van der Waals surface area contributed by atoms with E-state index in [-0.39, 0.29) is 16.5 Å². The second-order valence-electron chi connectivity index (χ2n) is 4.49. The van der Waals surface area contributed by atoms with Crippen molar-refractivity contribution in [3.63, 3.8) is 0 Å². The Balaban J connectivity index is 2.25. The fourth-order valence-electron chi connectivity index (χ4n) is 1.74. The van der Waals surface area contributed by atoms with E-state index in [4.69, 9.17) is 23.2 Å². The van der Waals surface area contributed by atoms with Crippen LogP contribution in [-0.4, -0.2) is 8.42 Å². The van der Waals surface area contributed by atoms with Crippen LogP contribution in [0.3, 0.4) is 0 Å². The van der Waals surface area contributed by atoms with Crippen LogP contribution in [0.4, 0.5) is 4.39 Å². The number of aryl methyl sites for hydroxylation is 1. The Morgan fingerprint density at radius 2 is 1.86 bits per heavy atom. The lowest BCUT2D eigenvalue weighted by molar-refractivity contribution is 0.580. The quantitative estimate of drug-likeness (QED) is 0.910. The SMILES string of the molecule is Cc1cc(S(=O)(=O)NCc2cccc(F)c2)c(Cl)cc1Cl. The highest BCUT2D eigenvalue weighted by Crippen LogP contribution is 2.28. The summed E-state index contributed by atoms with van der Waals surface area (Å²) in [5.41, 5.74) is 1.12. The van der Waals surface area contributed by atoms with E-state index < -0.39 is 15.8 Å². The molecule has 0 saturated heterocycles. The number of hydrogen-bond donors (Lipinski definition) is 1. The monoisotopic (exact) mass is 347 g/mol. The molecule has 1 N–H and O–H groups in total. The van der Waals surface area contributed by atoms with E-state index in [9.17, 15) is 12.8 Å². The van der Waals surface area contributed by atoms with Gasteiger partial charge in [-0.25, -0.2) is 17.5 Å². The van der Waals surface area contributed by atoms with E-state index in [1.165, 1.54) is 30.3 Å². The molecular formula is C14H12Cl2FNO2S. The lowest BCUT2D eigenvalue weighted by Gasteiger charge is -2.10. The average Bonchev–Trinajstić information content (AvgIpc) is 2.41. The fraction of sp³-hybridized carbons (Fsp3) is 0.143. The first-order valence-corrected chi connectivity index (χ1v) is 8.23. The molecule has 0 spiro atoms. The third kappa shape index (κ3) is 3.95. The molecule has 7 heteroatoms. The van der Waals surface area contributed by atoms with Gasteiger partial charge in [-0.15, -0.1) is 0 Å². The van der Waals surface area contributed by atoms with E-state index in [1.54, 1.807) is 13.0 Å². The molecule has 0 aliphatic heterocycles. The van der Waals surface area contributed by atoms with Crippen LogP contribution in [0.1, 0.15) is 11.1 Å². The molecule has 0 radical (unpaired) electrons. The Morgan fingerprint density at radius 3 is 2.52 bits per heavy atom. The molecule has 0 heterocycles. The van der Waals surface area contributed by atoms with Crippen molar-refractivity contribution in [3.05, 3.63) is 63.4 Å². The molecule has 0 saturated carbocycles. The van der Waals surface area contributed by atoms with Crippen LogP contribution in [0.5, 0.6) is 0 Å². The molecule has 0 aliphatic rings. The topological polar surface area (TPSA) is 46.2 Å². The van der Waals surface area contributed by atoms with Crippen LogP contribution in [0, 0.1) is 12.7 Å². The fourth-order valence-corrected chi connectivity index (χ4v) is 3.59. The van der Waals surface area contributed by atoms with E-state index in [2.05, 4.69) is 4.72 Å². The highest BCUT2D eigenvalue weighted by molar-refractivity contribution is 7.89. The zero-order valence-corrected chi connectivity index (χ0v) is 13.4. The van der Waals surface area contributed by atoms with E-state index in [0.717, 1.165) is 0 Å². The zero-order chi connectivity index (χ0) is 15.6. The molecule has 2 aromatic rings. The Bertz CT molecular complexity index is 779. The number of sulfonamides is 1. The maximum atomic E-state index is 13.1. The van der Waals surface area contributed by atoms with Crippen molar-refractivity contribution >= 4 is 33.2 Å². The van der Waals surface area contributed by atoms with Crippen LogP contribution in [-0.2, 0) is 16.6 Å². The minimum atomic E-state index is -3.80. The summed E-state index contributed by atoms with van der Waals surface area (Å²) in [7, 11) is -3.80. The van der Waals surface area contributed by atoms with E-state index in [0.29, 0.717) is 16.1 Å². The summed E-state index contributed by atoms with van der Waals surface area (Å²) in [4.78, 5) is -0.0533. The van der Waals surface area contributed by atoms with Crippen LogP contribution in [0.15, 0.2) is 41.3 Å². The van der Waals surface area contributed by atoms with Gasteiger partial charge in [0.2, 0.25) is 10.0 Å². The predicted molar refractivity (Wildman–Crippen MR) is 81.6 cm³/mol. The smallest absolute Gasteiger partial charge is 0.207 e. The van der Waals surface area contributed by atoms with Gasteiger partial charge in [-0.3, -0.25) is 0 Å². The number of rotatable bonds is 4. The van der Waals surface area contributed by atoms with Gasteiger partial charge in [0.05, 0.1) is 5.02 Å². The molecule has 0 aliphatic carbocycles. The molecule has 0 bridgehead atoms. The van der Waals surface area contributed by atoms with Crippen molar-refractivity contribution in [2.75, 3.05) is 0 Å². The van der Waals surface area contributed by atoms with E-state index >= 15 is 0 Å². The molecule has 0 aromatic heterocycles. The van der Waals surface area contributed by atoms with Crippen LogP contribution in [0.2, 0.25) is 10.0 Å². The Labute approximate surface area is 132 Å². The van der Waals surface area contributed by atoms with Crippen molar-refractivity contribution in [3.8, 4) is 0 Å². The zero-order valence-electron chi connectivity index (χ0n) is 11.0. The van der Waals surface area contributed by atoms with Crippen LogP contribution < -0.4 is 4.72 Å². The summed E-state index contributed by atoms with van der Waals surface area (Å²) in [6, 6.07) is 8.47. The van der Waals surface area contributed by atoms with Crippen molar-refractivity contribution in [2.45, 2.75) is 18.4 Å². The van der Waals surface area contributed by atoms with Crippen LogP contribution in [0.25, 0.3) is 0 Å². The molecule has 0 amide bonds. The first-order valence-electron chi connectivity index (χ1n) is 5.99. The minimum Gasteiger partial charge on any atom is -0.207 e. The Kier molecular flexibility index (Phi) is 4.88. The largest absolute Gasteiger partial charge is 0.242 e. The number of benzene rings is 2. The van der Waals surface area contributed by atoms with Crippen molar-refractivity contribution in [1.82, 2.24) is 4.72 Å². The van der Waals surface area contributed by atoms with Gasteiger partial charge in [0.15, 0.2) is 0 Å². The molecule has 112 valence electrons. The molecular weight excluding hydrogens is 336 g/mol. The second kappa shape index (κ2) is 6.32. The normalized spacial score (nSPS) is 11.6. The summed E-state index contributed by atoms with van der Waals surface area (Å²) >= 11 is 11.8. The summed E-state index contributed by atoms with van der Waals surface area (Å²) in [5, 5.41) is 0.432. The number of nitrogens with one attached hydrogen (secondary N) is 1. The van der Waals surface area contributed by atoms with Crippen molar-refractivity contribution in [2.24, 2.45) is 0 Å². The van der Waals surface area contributed by atoms with Gasteiger partial charge >= 0.3 is 0 Å². The average molecular weight is 348 g/mol.